The molecule has 0 radical (unpaired) electrons. The van der Waals surface area contributed by atoms with E-state index in [0.717, 1.165) is 17.5 Å². The van der Waals surface area contributed by atoms with Gasteiger partial charge in [-0.3, -0.25) is 5.32 Å². The largest absolute Gasteiger partial charge is 0.412 e. The second kappa shape index (κ2) is 7.85. The van der Waals surface area contributed by atoms with Crippen LogP contribution in [0.5, 0.6) is 0 Å². The molecule has 0 saturated heterocycles. The van der Waals surface area contributed by atoms with Crippen molar-refractivity contribution < 1.29 is 4.65 Å². The van der Waals surface area contributed by atoms with Gasteiger partial charge in [0, 0.05) is 13.1 Å². The molecule has 0 spiro atoms. The van der Waals surface area contributed by atoms with Gasteiger partial charge in [-0.25, -0.2) is 0 Å². The van der Waals surface area contributed by atoms with Crippen LogP contribution in [0.3, 0.4) is 0 Å². The molecule has 0 aliphatic carbocycles. The maximum absolute atomic E-state index is 6.16. The summed E-state index contributed by atoms with van der Waals surface area (Å²) in [5.41, 5.74) is 7.82. The maximum atomic E-state index is 6.16. The zero-order valence-corrected chi connectivity index (χ0v) is 11.8. The average Bonchev–Trinajstić information content (AvgIpc) is 2.52. The van der Waals surface area contributed by atoms with E-state index in [-0.39, 0.29) is 13.1 Å². The van der Waals surface area contributed by atoms with E-state index >= 15 is 0 Å². The fraction of sp³-hybridized carbons (Fsp3) is 0.250. The van der Waals surface area contributed by atoms with Crippen LogP contribution in [0.15, 0.2) is 60.7 Å². The SMILES string of the molecule is CC(NCCN)OB(c1ccccc1)c1ccccc1. The Labute approximate surface area is 121 Å². The lowest BCUT2D eigenvalue weighted by Crippen LogP contribution is -2.49. The lowest BCUT2D eigenvalue weighted by atomic mass is 9.55. The van der Waals surface area contributed by atoms with Crippen molar-refractivity contribution in [3.05, 3.63) is 60.7 Å². The Kier molecular flexibility index (Phi) is 5.80. The molecule has 20 heavy (non-hydrogen) atoms. The second-order valence-electron chi connectivity index (χ2n) is 4.72. The number of benzene rings is 2. The minimum Gasteiger partial charge on any atom is -0.412 e. The first-order chi connectivity index (χ1) is 9.81. The van der Waals surface area contributed by atoms with Gasteiger partial charge in [-0.2, -0.15) is 0 Å². The fourth-order valence-corrected chi connectivity index (χ4v) is 2.14. The first kappa shape index (κ1) is 14.8. The number of nitrogens with one attached hydrogen (secondary N) is 1. The lowest BCUT2D eigenvalue weighted by molar-refractivity contribution is 0.192. The van der Waals surface area contributed by atoms with E-state index in [1.54, 1.807) is 0 Å². The molecule has 3 N–H and O–H groups in total. The molecule has 0 heterocycles. The molecule has 2 aromatic carbocycles. The monoisotopic (exact) mass is 268 g/mol. The summed E-state index contributed by atoms with van der Waals surface area (Å²) in [6, 6.07) is 20.5. The molecule has 0 amide bonds. The fourth-order valence-electron chi connectivity index (χ4n) is 2.14. The van der Waals surface area contributed by atoms with Crippen molar-refractivity contribution in [1.29, 1.82) is 0 Å². The van der Waals surface area contributed by atoms with Gasteiger partial charge in [0.2, 0.25) is 0 Å². The van der Waals surface area contributed by atoms with Crippen LogP contribution in [-0.4, -0.2) is 26.2 Å². The Hall–Kier alpha value is -1.62. The van der Waals surface area contributed by atoms with Crippen LogP contribution in [0.2, 0.25) is 0 Å². The Morgan fingerprint density at radius 2 is 1.50 bits per heavy atom. The van der Waals surface area contributed by atoms with Crippen LogP contribution in [0.25, 0.3) is 0 Å². The minimum absolute atomic E-state index is 0.0519. The van der Waals surface area contributed by atoms with Crippen molar-refractivity contribution >= 4 is 17.8 Å². The molecule has 0 aliphatic rings. The molecule has 0 fully saturated rings. The predicted molar refractivity (Wildman–Crippen MR) is 85.5 cm³/mol. The summed E-state index contributed by atoms with van der Waals surface area (Å²) < 4.78 is 6.16. The zero-order valence-electron chi connectivity index (χ0n) is 11.8. The predicted octanol–water partition coefficient (Wildman–Crippen LogP) is 0.703. The highest BCUT2D eigenvalue weighted by Crippen LogP contribution is 1.97. The number of hydrogen-bond acceptors (Lipinski definition) is 3. The van der Waals surface area contributed by atoms with Crippen LogP contribution in [-0.2, 0) is 4.65 Å². The van der Waals surface area contributed by atoms with Gasteiger partial charge >= 0.3 is 6.92 Å². The van der Waals surface area contributed by atoms with Gasteiger partial charge in [0.1, 0.15) is 0 Å². The summed E-state index contributed by atoms with van der Waals surface area (Å²) >= 11 is 0. The summed E-state index contributed by atoms with van der Waals surface area (Å²) in [5.74, 6) is 0. The number of hydrogen-bond donors (Lipinski definition) is 2. The van der Waals surface area contributed by atoms with Crippen molar-refractivity contribution in [3.8, 4) is 0 Å². The van der Waals surface area contributed by atoms with Crippen LogP contribution in [0.4, 0.5) is 0 Å². The van der Waals surface area contributed by atoms with Crippen molar-refractivity contribution in [2.75, 3.05) is 13.1 Å². The van der Waals surface area contributed by atoms with Crippen LogP contribution >= 0.6 is 0 Å². The van der Waals surface area contributed by atoms with Gasteiger partial charge in [-0.1, -0.05) is 60.7 Å². The summed E-state index contributed by atoms with van der Waals surface area (Å²) in [7, 11) is 0. The number of rotatable bonds is 7. The van der Waals surface area contributed by atoms with Crippen molar-refractivity contribution in [2.45, 2.75) is 13.2 Å². The van der Waals surface area contributed by atoms with Crippen LogP contribution in [0, 0.1) is 0 Å². The Morgan fingerprint density at radius 3 is 1.95 bits per heavy atom. The minimum atomic E-state index is -0.0716. The Bertz CT molecular complexity index is 453. The van der Waals surface area contributed by atoms with Crippen LogP contribution in [0.1, 0.15) is 6.92 Å². The highest BCUT2D eigenvalue weighted by atomic mass is 16.5. The molecule has 0 saturated carbocycles. The Balaban J connectivity index is 2.17. The average molecular weight is 268 g/mol. The van der Waals surface area contributed by atoms with Gasteiger partial charge in [0.05, 0.1) is 6.23 Å². The summed E-state index contributed by atoms with van der Waals surface area (Å²) in [6.45, 7) is 3.29. The molecular formula is C16H21BN2O. The highest BCUT2D eigenvalue weighted by Gasteiger charge is 2.23. The Morgan fingerprint density at radius 1 is 1.00 bits per heavy atom. The molecule has 1 atom stereocenters. The van der Waals surface area contributed by atoms with E-state index in [2.05, 4.69) is 29.6 Å². The van der Waals surface area contributed by atoms with Gasteiger partial charge in [-0.05, 0) is 17.8 Å². The van der Waals surface area contributed by atoms with Gasteiger partial charge < -0.3 is 10.4 Å². The summed E-state index contributed by atoms with van der Waals surface area (Å²) in [5, 5.41) is 3.26. The third-order valence-electron chi connectivity index (χ3n) is 3.12. The molecule has 0 aliphatic heterocycles. The standard InChI is InChI=1S/C16H21BN2O/c1-14(19-13-12-18)20-17(15-8-4-2-5-9-15)16-10-6-3-7-11-16/h2-11,14,19H,12-13,18H2,1H3. The van der Waals surface area contributed by atoms with E-state index in [1.807, 2.05) is 43.3 Å². The molecule has 2 aromatic rings. The normalized spacial score (nSPS) is 12.1. The molecule has 0 bridgehead atoms. The molecule has 4 heteroatoms. The quantitative estimate of drug-likeness (QED) is 0.574. The van der Waals surface area contributed by atoms with Crippen molar-refractivity contribution in [3.63, 3.8) is 0 Å². The topological polar surface area (TPSA) is 47.3 Å². The molecule has 2 rings (SSSR count). The molecule has 0 aromatic heterocycles. The molecule has 104 valence electrons. The molecule has 3 nitrogen and oxygen atoms in total. The zero-order chi connectivity index (χ0) is 14.2. The van der Waals surface area contributed by atoms with E-state index in [1.165, 1.54) is 0 Å². The van der Waals surface area contributed by atoms with Gasteiger partial charge in [0.25, 0.3) is 0 Å². The maximum Gasteiger partial charge on any atom is 0.362 e. The smallest absolute Gasteiger partial charge is 0.362 e. The van der Waals surface area contributed by atoms with Crippen molar-refractivity contribution in [2.24, 2.45) is 5.73 Å². The van der Waals surface area contributed by atoms with E-state index < -0.39 is 0 Å². The summed E-state index contributed by atoms with van der Waals surface area (Å²) in [6.07, 6.45) is -0.0519. The van der Waals surface area contributed by atoms with Gasteiger partial charge in [0.15, 0.2) is 0 Å². The summed E-state index contributed by atoms with van der Waals surface area (Å²) in [4.78, 5) is 0. The van der Waals surface area contributed by atoms with Crippen molar-refractivity contribution in [1.82, 2.24) is 5.32 Å². The van der Waals surface area contributed by atoms with E-state index in [9.17, 15) is 0 Å². The third kappa shape index (κ3) is 4.20. The highest BCUT2D eigenvalue weighted by molar-refractivity contribution is 6.80. The molecule has 1 unspecified atom stereocenters. The van der Waals surface area contributed by atoms with Crippen LogP contribution < -0.4 is 22.0 Å². The van der Waals surface area contributed by atoms with Gasteiger partial charge in [-0.15, -0.1) is 0 Å². The lowest BCUT2D eigenvalue weighted by Gasteiger charge is -2.21. The number of nitrogens with two attached hydrogens (primary N) is 1. The molecular weight excluding hydrogens is 247 g/mol. The first-order valence-corrected chi connectivity index (χ1v) is 7.00. The first-order valence-electron chi connectivity index (χ1n) is 7.00. The second-order valence-corrected chi connectivity index (χ2v) is 4.72. The van der Waals surface area contributed by atoms with E-state index in [0.29, 0.717) is 6.54 Å². The van der Waals surface area contributed by atoms with E-state index in [4.69, 9.17) is 10.4 Å². The third-order valence-corrected chi connectivity index (χ3v) is 3.12.